The van der Waals surface area contributed by atoms with Crippen LogP contribution in [0.3, 0.4) is 0 Å². The molecule has 124 valence electrons. The molecule has 0 saturated carbocycles. The Morgan fingerprint density at radius 3 is 2.17 bits per heavy atom. The molecular weight excluding hydrogens is 360 g/mol. The van der Waals surface area contributed by atoms with Crippen LogP contribution in [0.5, 0.6) is 5.75 Å². The van der Waals surface area contributed by atoms with E-state index in [9.17, 15) is 22.8 Å². The zero-order valence-electron chi connectivity index (χ0n) is 11.5. The maximum Gasteiger partial charge on any atom is 0.431 e. The van der Waals surface area contributed by atoms with Crippen LogP contribution in [0, 0.1) is 0 Å². The van der Waals surface area contributed by atoms with Crippen molar-refractivity contribution >= 4 is 23.2 Å². The van der Waals surface area contributed by atoms with E-state index < -0.39 is 23.1 Å². The van der Waals surface area contributed by atoms with Crippen LogP contribution in [0.15, 0.2) is 27.8 Å². The molecule has 23 heavy (non-hydrogen) atoms. The van der Waals surface area contributed by atoms with Gasteiger partial charge in [0, 0.05) is 6.07 Å². The van der Waals surface area contributed by atoms with E-state index in [0.29, 0.717) is 16.2 Å². The number of ether oxygens (including phenoxy) is 1. The molecule has 0 atom stereocenters. The van der Waals surface area contributed by atoms with E-state index in [1.807, 2.05) is 0 Å². The molecule has 1 heterocycles. The molecule has 0 radical (unpaired) electrons. The molecule has 1 aromatic heterocycles. The summed E-state index contributed by atoms with van der Waals surface area (Å²) < 4.78 is 43.1. The standard InChI is InChI=1S/C13H9Cl2F3N2O3/c1-23-11-7(14)2-6(3-8(11)15)5-20-10(21)4-9(13(16,17)18)19-12(20)22/h2-4H,5H2,1H3,(H,19,22). The summed E-state index contributed by atoms with van der Waals surface area (Å²) in [7, 11) is 1.36. The second kappa shape index (κ2) is 6.29. The summed E-state index contributed by atoms with van der Waals surface area (Å²) in [5.74, 6) is 0.214. The van der Waals surface area contributed by atoms with E-state index in [0.717, 1.165) is 0 Å². The Kier molecular flexibility index (Phi) is 4.76. The summed E-state index contributed by atoms with van der Waals surface area (Å²) in [5.41, 5.74) is -3.33. The Bertz CT molecular complexity index is 805. The van der Waals surface area contributed by atoms with E-state index in [1.165, 1.54) is 19.2 Å². The SMILES string of the molecule is COc1c(Cl)cc(Cn2c(=O)cc(C(F)(F)F)[nH]c2=O)cc1Cl. The first-order valence-corrected chi connectivity index (χ1v) is 6.82. The van der Waals surface area contributed by atoms with Gasteiger partial charge >= 0.3 is 11.9 Å². The molecule has 0 unspecified atom stereocenters. The zero-order chi connectivity index (χ0) is 17.4. The Hall–Kier alpha value is -1.93. The van der Waals surface area contributed by atoms with Gasteiger partial charge in [0.15, 0.2) is 5.75 Å². The molecule has 1 N–H and O–H groups in total. The molecule has 0 aliphatic heterocycles. The number of hydrogen-bond acceptors (Lipinski definition) is 3. The minimum absolute atomic E-state index is 0.145. The van der Waals surface area contributed by atoms with Gasteiger partial charge in [-0.3, -0.25) is 9.36 Å². The summed E-state index contributed by atoms with van der Waals surface area (Å²) in [5, 5.41) is 0.290. The molecule has 0 aliphatic carbocycles. The number of H-pyrrole nitrogens is 1. The molecule has 2 aromatic rings. The molecule has 0 bridgehead atoms. The Morgan fingerprint density at radius 1 is 1.17 bits per heavy atom. The highest BCUT2D eigenvalue weighted by molar-refractivity contribution is 6.37. The van der Waals surface area contributed by atoms with Crippen molar-refractivity contribution in [2.45, 2.75) is 12.7 Å². The second-order valence-electron chi connectivity index (χ2n) is 4.50. The van der Waals surface area contributed by atoms with Crippen molar-refractivity contribution in [1.29, 1.82) is 0 Å². The summed E-state index contributed by atoms with van der Waals surface area (Å²) in [6, 6.07) is 3.11. The number of halogens is 5. The average Bonchev–Trinajstić information content (AvgIpc) is 2.41. The van der Waals surface area contributed by atoms with Gasteiger partial charge < -0.3 is 9.72 Å². The lowest BCUT2D eigenvalue weighted by molar-refractivity contribution is -0.141. The normalized spacial score (nSPS) is 11.6. The predicted octanol–water partition coefficient (Wildman–Crippen LogP) is 2.92. The lowest BCUT2D eigenvalue weighted by Gasteiger charge is -2.11. The van der Waals surface area contributed by atoms with Crippen LogP contribution in [0.1, 0.15) is 11.3 Å². The van der Waals surface area contributed by atoms with Crippen LogP contribution < -0.4 is 16.0 Å². The number of nitrogens with one attached hydrogen (secondary N) is 1. The maximum atomic E-state index is 12.5. The number of alkyl halides is 3. The number of nitrogens with zero attached hydrogens (tertiary/aromatic N) is 1. The van der Waals surface area contributed by atoms with Crippen molar-refractivity contribution in [1.82, 2.24) is 9.55 Å². The quantitative estimate of drug-likeness (QED) is 0.905. The smallest absolute Gasteiger partial charge is 0.431 e. The number of benzene rings is 1. The third-order valence-electron chi connectivity index (χ3n) is 2.93. The monoisotopic (exact) mass is 368 g/mol. The van der Waals surface area contributed by atoms with Crippen LogP contribution in [-0.2, 0) is 12.7 Å². The first-order valence-electron chi connectivity index (χ1n) is 6.06. The second-order valence-corrected chi connectivity index (χ2v) is 5.32. The van der Waals surface area contributed by atoms with Crippen LogP contribution in [0.4, 0.5) is 13.2 Å². The van der Waals surface area contributed by atoms with Crippen LogP contribution in [-0.4, -0.2) is 16.7 Å². The topological polar surface area (TPSA) is 64.1 Å². The minimum atomic E-state index is -4.82. The van der Waals surface area contributed by atoms with E-state index in [2.05, 4.69) is 0 Å². The van der Waals surface area contributed by atoms with Crippen molar-refractivity contribution in [2.75, 3.05) is 7.11 Å². The van der Waals surface area contributed by atoms with Crippen molar-refractivity contribution in [3.63, 3.8) is 0 Å². The van der Waals surface area contributed by atoms with Gasteiger partial charge in [0.2, 0.25) is 0 Å². The van der Waals surface area contributed by atoms with Crippen LogP contribution >= 0.6 is 23.2 Å². The van der Waals surface area contributed by atoms with Gasteiger partial charge in [-0.15, -0.1) is 0 Å². The molecule has 1 aromatic carbocycles. The number of methoxy groups -OCH3 is 1. The Labute approximate surface area is 137 Å². The summed E-state index contributed by atoms with van der Waals surface area (Å²) in [6.07, 6.45) is -4.82. The van der Waals surface area contributed by atoms with Gasteiger partial charge in [-0.1, -0.05) is 23.2 Å². The molecular formula is C13H9Cl2F3N2O3. The van der Waals surface area contributed by atoms with Gasteiger partial charge in [0.05, 0.1) is 23.7 Å². The zero-order valence-corrected chi connectivity index (χ0v) is 13.0. The molecule has 0 saturated heterocycles. The molecule has 10 heteroatoms. The highest BCUT2D eigenvalue weighted by Crippen LogP contribution is 2.33. The number of aromatic nitrogens is 2. The fourth-order valence-corrected chi connectivity index (χ4v) is 2.59. The first kappa shape index (κ1) is 17.4. The largest absolute Gasteiger partial charge is 0.494 e. The molecule has 0 aliphatic rings. The Morgan fingerprint density at radius 2 is 1.74 bits per heavy atom. The highest BCUT2D eigenvalue weighted by Gasteiger charge is 2.32. The number of rotatable bonds is 3. The summed E-state index contributed by atoms with van der Waals surface area (Å²) in [6.45, 7) is -0.296. The van der Waals surface area contributed by atoms with E-state index in [4.69, 9.17) is 27.9 Å². The molecule has 0 spiro atoms. The van der Waals surface area contributed by atoms with Gasteiger partial charge in [0.1, 0.15) is 5.69 Å². The number of aromatic amines is 1. The van der Waals surface area contributed by atoms with Crippen molar-refractivity contribution in [3.05, 3.63) is 60.3 Å². The van der Waals surface area contributed by atoms with E-state index in [1.54, 1.807) is 4.98 Å². The van der Waals surface area contributed by atoms with Crippen molar-refractivity contribution in [2.24, 2.45) is 0 Å². The molecule has 5 nitrogen and oxygen atoms in total. The maximum absolute atomic E-state index is 12.5. The fourth-order valence-electron chi connectivity index (χ4n) is 1.90. The first-order chi connectivity index (χ1) is 10.6. The highest BCUT2D eigenvalue weighted by atomic mass is 35.5. The van der Waals surface area contributed by atoms with Gasteiger partial charge in [-0.25, -0.2) is 4.79 Å². The third kappa shape index (κ3) is 3.70. The van der Waals surface area contributed by atoms with Crippen LogP contribution in [0.25, 0.3) is 0 Å². The van der Waals surface area contributed by atoms with Crippen molar-refractivity contribution < 1.29 is 17.9 Å². The molecule has 0 amide bonds. The Balaban J connectivity index is 2.46. The van der Waals surface area contributed by atoms with Gasteiger partial charge in [-0.05, 0) is 17.7 Å². The lowest BCUT2D eigenvalue weighted by atomic mass is 10.2. The van der Waals surface area contributed by atoms with Crippen molar-refractivity contribution in [3.8, 4) is 5.75 Å². The van der Waals surface area contributed by atoms with E-state index in [-0.39, 0.29) is 22.3 Å². The average molecular weight is 369 g/mol. The van der Waals surface area contributed by atoms with Gasteiger partial charge in [-0.2, -0.15) is 13.2 Å². The summed E-state index contributed by atoms with van der Waals surface area (Å²) >= 11 is 11.9. The lowest BCUT2D eigenvalue weighted by Crippen LogP contribution is -2.37. The predicted molar refractivity (Wildman–Crippen MR) is 78.4 cm³/mol. The van der Waals surface area contributed by atoms with E-state index >= 15 is 0 Å². The fraction of sp³-hybridized carbons (Fsp3) is 0.231. The van der Waals surface area contributed by atoms with Gasteiger partial charge in [0.25, 0.3) is 5.56 Å². The number of hydrogen-bond donors (Lipinski definition) is 1. The summed E-state index contributed by atoms with van der Waals surface area (Å²) in [4.78, 5) is 25.1. The van der Waals surface area contributed by atoms with Crippen LogP contribution in [0.2, 0.25) is 10.0 Å². The molecule has 2 rings (SSSR count). The third-order valence-corrected chi connectivity index (χ3v) is 3.49. The molecule has 0 fully saturated rings. The minimum Gasteiger partial charge on any atom is -0.494 e.